The standard InChI is InChI=1S/C17H29NO/c18-17(8-2-4-13-5-3-9-19-13)11-12-10-16(17)15-7-1-6-14(12)15/h12-16H,1-11,18H2. The van der Waals surface area contributed by atoms with Crippen molar-refractivity contribution in [2.75, 3.05) is 6.61 Å². The van der Waals surface area contributed by atoms with Crippen LogP contribution in [0.25, 0.3) is 0 Å². The highest BCUT2D eigenvalue weighted by atomic mass is 16.5. The molecule has 0 amide bonds. The Morgan fingerprint density at radius 2 is 2.00 bits per heavy atom. The average Bonchev–Trinajstić information content (AvgIpc) is 3.09. The van der Waals surface area contributed by atoms with E-state index < -0.39 is 0 Å². The molecule has 0 radical (unpaired) electrons. The summed E-state index contributed by atoms with van der Waals surface area (Å²) in [6.07, 6.45) is 14.2. The third kappa shape index (κ3) is 2.06. The maximum Gasteiger partial charge on any atom is 0.0576 e. The van der Waals surface area contributed by atoms with Crippen molar-refractivity contribution in [3.63, 3.8) is 0 Å². The second kappa shape index (κ2) is 4.73. The average molecular weight is 263 g/mol. The van der Waals surface area contributed by atoms with Gasteiger partial charge in [0.25, 0.3) is 0 Å². The molecule has 2 nitrogen and oxygen atoms in total. The Hall–Kier alpha value is -0.0800. The van der Waals surface area contributed by atoms with Crippen LogP contribution in [0.2, 0.25) is 0 Å². The smallest absolute Gasteiger partial charge is 0.0576 e. The first-order valence-corrected chi connectivity index (χ1v) is 8.67. The number of hydrogen-bond donors (Lipinski definition) is 1. The SMILES string of the molecule is NC1(CCCC2CCCO2)CC2CC1C1CCCC21. The topological polar surface area (TPSA) is 35.2 Å². The molecule has 4 aliphatic rings. The van der Waals surface area contributed by atoms with Crippen molar-refractivity contribution < 1.29 is 4.74 Å². The molecule has 6 atom stereocenters. The Balaban J connectivity index is 1.33. The second-order valence-electron chi connectivity index (χ2n) is 7.83. The van der Waals surface area contributed by atoms with Gasteiger partial charge in [-0.15, -0.1) is 0 Å². The molecule has 3 aliphatic carbocycles. The fourth-order valence-electron chi connectivity index (χ4n) is 6.13. The van der Waals surface area contributed by atoms with Gasteiger partial charge in [0, 0.05) is 12.1 Å². The lowest BCUT2D eigenvalue weighted by Crippen LogP contribution is -2.49. The molecule has 108 valence electrons. The highest BCUT2D eigenvalue weighted by Gasteiger charge is 2.58. The van der Waals surface area contributed by atoms with Crippen LogP contribution >= 0.6 is 0 Å². The van der Waals surface area contributed by atoms with Gasteiger partial charge in [-0.05, 0) is 81.5 Å². The minimum absolute atomic E-state index is 0.203. The van der Waals surface area contributed by atoms with Gasteiger partial charge in [-0.1, -0.05) is 6.42 Å². The van der Waals surface area contributed by atoms with Crippen LogP contribution in [0.1, 0.15) is 64.2 Å². The quantitative estimate of drug-likeness (QED) is 0.842. The molecule has 0 aromatic rings. The molecule has 19 heavy (non-hydrogen) atoms. The predicted molar refractivity (Wildman–Crippen MR) is 76.8 cm³/mol. The molecule has 0 aromatic carbocycles. The van der Waals surface area contributed by atoms with Crippen LogP contribution < -0.4 is 5.73 Å². The van der Waals surface area contributed by atoms with Gasteiger partial charge in [-0.3, -0.25) is 0 Å². The van der Waals surface area contributed by atoms with E-state index in [9.17, 15) is 0 Å². The molecule has 2 bridgehead atoms. The van der Waals surface area contributed by atoms with Crippen LogP contribution in [-0.4, -0.2) is 18.2 Å². The molecule has 6 unspecified atom stereocenters. The molecule has 1 heterocycles. The van der Waals surface area contributed by atoms with E-state index in [0.717, 1.165) is 30.3 Å². The Morgan fingerprint density at radius 1 is 1.11 bits per heavy atom. The summed E-state index contributed by atoms with van der Waals surface area (Å²) in [7, 11) is 0. The van der Waals surface area contributed by atoms with Crippen molar-refractivity contribution in [3.8, 4) is 0 Å². The molecule has 1 saturated heterocycles. The normalized spacial score (nSPS) is 51.9. The zero-order chi connectivity index (χ0) is 12.9. The van der Waals surface area contributed by atoms with E-state index >= 15 is 0 Å². The fourth-order valence-corrected chi connectivity index (χ4v) is 6.13. The molecule has 1 aliphatic heterocycles. The van der Waals surface area contributed by atoms with Gasteiger partial charge in [-0.2, -0.15) is 0 Å². The largest absolute Gasteiger partial charge is 0.378 e. The lowest BCUT2D eigenvalue weighted by atomic mass is 9.69. The van der Waals surface area contributed by atoms with Crippen LogP contribution in [-0.2, 0) is 4.74 Å². The summed E-state index contributed by atoms with van der Waals surface area (Å²) < 4.78 is 5.74. The second-order valence-corrected chi connectivity index (χ2v) is 7.83. The summed E-state index contributed by atoms with van der Waals surface area (Å²) in [6.45, 7) is 0.993. The number of rotatable bonds is 4. The molecule has 4 fully saturated rings. The monoisotopic (exact) mass is 263 g/mol. The Bertz CT molecular complexity index is 338. The zero-order valence-electron chi connectivity index (χ0n) is 12.2. The van der Waals surface area contributed by atoms with Gasteiger partial charge < -0.3 is 10.5 Å². The van der Waals surface area contributed by atoms with Crippen LogP contribution in [0, 0.1) is 23.7 Å². The van der Waals surface area contributed by atoms with E-state index in [1.54, 1.807) is 0 Å². The molecule has 2 heteroatoms. The third-order valence-electron chi connectivity index (χ3n) is 6.88. The summed E-state index contributed by atoms with van der Waals surface area (Å²) in [6, 6.07) is 0. The summed E-state index contributed by atoms with van der Waals surface area (Å²) >= 11 is 0. The maximum absolute atomic E-state index is 6.84. The molecular formula is C17H29NO. The summed E-state index contributed by atoms with van der Waals surface area (Å²) in [5, 5.41) is 0. The number of ether oxygens (including phenoxy) is 1. The summed E-state index contributed by atoms with van der Waals surface area (Å²) in [5.74, 6) is 3.94. The first-order valence-electron chi connectivity index (χ1n) is 8.67. The van der Waals surface area contributed by atoms with Gasteiger partial charge in [0.15, 0.2) is 0 Å². The fraction of sp³-hybridized carbons (Fsp3) is 1.00. The number of nitrogens with two attached hydrogens (primary N) is 1. The molecule has 3 saturated carbocycles. The Labute approximate surface area is 117 Å². The van der Waals surface area contributed by atoms with Crippen molar-refractivity contribution in [3.05, 3.63) is 0 Å². The van der Waals surface area contributed by atoms with Crippen molar-refractivity contribution in [2.45, 2.75) is 75.9 Å². The summed E-state index contributed by atoms with van der Waals surface area (Å²) in [4.78, 5) is 0. The molecule has 2 N–H and O–H groups in total. The Morgan fingerprint density at radius 3 is 2.84 bits per heavy atom. The lowest BCUT2D eigenvalue weighted by molar-refractivity contribution is 0.0936. The van der Waals surface area contributed by atoms with Crippen LogP contribution in [0.4, 0.5) is 0 Å². The van der Waals surface area contributed by atoms with Crippen LogP contribution in [0.5, 0.6) is 0 Å². The van der Waals surface area contributed by atoms with Crippen molar-refractivity contribution in [1.29, 1.82) is 0 Å². The van der Waals surface area contributed by atoms with E-state index in [2.05, 4.69) is 0 Å². The molecular weight excluding hydrogens is 234 g/mol. The van der Waals surface area contributed by atoms with Gasteiger partial charge in [-0.25, -0.2) is 0 Å². The highest BCUT2D eigenvalue weighted by Crippen LogP contribution is 2.62. The molecule has 0 spiro atoms. The van der Waals surface area contributed by atoms with Crippen LogP contribution in [0.3, 0.4) is 0 Å². The van der Waals surface area contributed by atoms with E-state index in [1.165, 1.54) is 64.2 Å². The first kappa shape index (κ1) is 12.6. The van der Waals surface area contributed by atoms with Crippen LogP contribution in [0.15, 0.2) is 0 Å². The van der Waals surface area contributed by atoms with Gasteiger partial charge in [0.1, 0.15) is 0 Å². The summed E-state index contributed by atoms with van der Waals surface area (Å²) in [5.41, 5.74) is 7.05. The molecule has 4 rings (SSSR count). The van der Waals surface area contributed by atoms with Crippen molar-refractivity contribution >= 4 is 0 Å². The van der Waals surface area contributed by atoms with E-state index in [-0.39, 0.29) is 5.54 Å². The van der Waals surface area contributed by atoms with Gasteiger partial charge in [0.2, 0.25) is 0 Å². The maximum atomic E-state index is 6.84. The van der Waals surface area contributed by atoms with Gasteiger partial charge >= 0.3 is 0 Å². The van der Waals surface area contributed by atoms with E-state index in [1.807, 2.05) is 0 Å². The molecule has 0 aromatic heterocycles. The van der Waals surface area contributed by atoms with Crippen molar-refractivity contribution in [2.24, 2.45) is 29.4 Å². The highest BCUT2D eigenvalue weighted by molar-refractivity contribution is 5.12. The van der Waals surface area contributed by atoms with Crippen molar-refractivity contribution in [1.82, 2.24) is 0 Å². The van der Waals surface area contributed by atoms with Gasteiger partial charge in [0.05, 0.1) is 6.10 Å². The Kier molecular flexibility index (Phi) is 3.15. The minimum atomic E-state index is 0.203. The number of fused-ring (bicyclic) bond motifs is 5. The number of hydrogen-bond acceptors (Lipinski definition) is 2. The predicted octanol–water partition coefficient (Wildman–Crippen LogP) is 3.49. The van der Waals surface area contributed by atoms with E-state index in [4.69, 9.17) is 10.5 Å². The minimum Gasteiger partial charge on any atom is -0.378 e. The van der Waals surface area contributed by atoms with E-state index in [0.29, 0.717) is 6.10 Å². The zero-order valence-corrected chi connectivity index (χ0v) is 12.2. The third-order valence-corrected chi connectivity index (χ3v) is 6.88. The lowest BCUT2D eigenvalue weighted by Gasteiger charge is -2.40. The first-order chi connectivity index (χ1) is 9.26.